The lowest BCUT2D eigenvalue weighted by Gasteiger charge is -2.11. The molecule has 192 valence electrons. The van der Waals surface area contributed by atoms with Crippen LogP contribution in [0.25, 0.3) is 0 Å². The molecule has 2 N–H and O–H groups in total. The Hall–Kier alpha value is -3.63. The van der Waals surface area contributed by atoms with Crippen molar-refractivity contribution in [2.45, 2.75) is 11.2 Å². The van der Waals surface area contributed by atoms with E-state index in [0.29, 0.717) is 27.4 Å². The van der Waals surface area contributed by atoms with Crippen LogP contribution in [0.2, 0.25) is 0 Å². The fourth-order valence-electron chi connectivity index (χ4n) is 3.47. The largest absolute Gasteiger partial charge is 0.493 e. The van der Waals surface area contributed by atoms with Crippen LogP contribution in [0.5, 0.6) is 17.2 Å². The highest BCUT2D eigenvalue weighted by Gasteiger charge is 2.18. The van der Waals surface area contributed by atoms with Crippen LogP contribution in [0.3, 0.4) is 0 Å². The molecule has 1 aliphatic rings. The molecule has 3 aromatic rings. The SMILES string of the molecule is COc1cc(/C=N\NC(=O)COc2ccc(C3SCCS3)cc2)ccc1OCc1cccc(C(=O)O)c1. The first-order valence-electron chi connectivity index (χ1n) is 11.4. The van der Waals surface area contributed by atoms with E-state index in [-0.39, 0.29) is 24.7 Å². The molecule has 0 aliphatic carbocycles. The minimum atomic E-state index is -0.992. The maximum absolute atomic E-state index is 12.1. The standard InChI is InChI=1S/C27H26N2O6S2/c1-33-24-14-18(5-10-23(24)35-16-19-3-2-4-21(13-19)26(31)32)15-28-29-25(30)17-34-22-8-6-20(7-9-22)27-36-11-12-37-27/h2-10,13-15,27H,11-12,16-17H2,1H3,(H,29,30)(H,31,32)/b28-15-. The molecular formula is C27H26N2O6S2. The molecule has 4 rings (SSSR count). The summed E-state index contributed by atoms with van der Waals surface area (Å²) in [6, 6.07) is 19.6. The molecule has 1 saturated heterocycles. The van der Waals surface area contributed by atoms with Crippen molar-refractivity contribution in [3.8, 4) is 17.2 Å². The van der Waals surface area contributed by atoms with E-state index in [4.69, 9.17) is 19.3 Å². The number of ether oxygens (including phenoxy) is 3. The van der Waals surface area contributed by atoms with E-state index in [1.54, 1.807) is 36.4 Å². The molecule has 0 bridgehead atoms. The molecule has 1 amide bonds. The first-order chi connectivity index (χ1) is 18.0. The van der Waals surface area contributed by atoms with E-state index in [0.717, 1.165) is 5.56 Å². The van der Waals surface area contributed by atoms with Gasteiger partial charge in [-0.2, -0.15) is 5.10 Å². The molecule has 0 saturated carbocycles. The van der Waals surface area contributed by atoms with Crippen molar-refractivity contribution < 1.29 is 28.9 Å². The van der Waals surface area contributed by atoms with Crippen molar-refractivity contribution in [3.05, 3.63) is 89.0 Å². The van der Waals surface area contributed by atoms with Crippen molar-refractivity contribution in [1.29, 1.82) is 0 Å². The molecule has 1 fully saturated rings. The molecule has 10 heteroatoms. The van der Waals surface area contributed by atoms with Gasteiger partial charge in [-0.15, -0.1) is 23.5 Å². The van der Waals surface area contributed by atoms with Crippen LogP contribution in [0.1, 0.15) is 31.6 Å². The zero-order valence-electron chi connectivity index (χ0n) is 20.1. The number of benzene rings is 3. The van der Waals surface area contributed by atoms with E-state index in [1.807, 2.05) is 47.8 Å². The summed E-state index contributed by atoms with van der Waals surface area (Å²) in [5.41, 5.74) is 5.32. The molecular weight excluding hydrogens is 512 g/mol. The molecule has 8 nitrogen and oxygen atoms in total. The van der Waals surface area contributed by atoms with Crippen LogP contribution in [0.15, 0.2) is 71.8 Å². The number of hydrogen-bond donors (Lipinski definition) is 2. The number of aromatic carboxylic acids is 1. The third-order valence-electron chi connectivity index (χ3n) is 5.30. The summed E-state index contributed by atoms with van der Waals surface area (Å²) in [6.45, 7) is 0.0327. The first-order valence-corrected chi connectivity index (χ1v) is 13.5. The normalized spacial score (nSPS) is 13.4. The molecule has 0 aromatic heterocycles. The first kappa shape index (κ1) is 26.4. The van der Waals surface area contributed by atoms with Crippen molar-refractivity contribution >= 4 is 41.6 Å². The third-order valence-corrected chi connectivity index (χ3v) is 8.41. The van der Waals surface area contributed by atoms with Crippen molar-refractivity contribution in [1.82, 2.24) is 5.43 Å². The predicted molar refractivity (Wildman–Crippen MR) is 146 cm³/mol. The van der Waals surface area contributed by atoms with Gasteiger partial charge in [-0.05, 0) is 59.2 Å². The summed E-state index contributed by atoms with van der Waals surface area (Å²) in [7, 11) is 1.52. The second-order valence-corrected chi connectivity index (χ2v) is 10.7. The van der Waals surface area contributed by atoms with Gasteiger partial charge in [0, 0.05) is 11.5 Å². The van der Waals surface area contributed by atoms with Crippen LogP contribution in [0, 0.1) is 0 Å². The lowest BCUT2D eigenvalue weighted by atomic mass is 10.1. The molecule has 0 atom stereocenters. The average molecular weight is 539 g/mol. The molecule has 1 heterocycles. The number of nitrogens with one attached hydrogen (secondary N) is 1. The third kappa shape index (κ3) is 7.68. The van der Waals surface area contributed by atoms with Gasteiger partial charge in [0.05, 0.1) is 23.5 Å². The Morgan fingerprint density at radius 1 is 1.03 bits per heavy atom. The van der Waals surface area contributed by atoms with E-state index in [9.17, 15) is 9.59 Å². The van der Waals surface area contributed by atoms with Gasteiger partial charge < -0.3 is 19.3 Å². The minimum Gasteiger partial charge on any atom is -0.493 e. The van der Waals surface area contributed by atoms with E-state index in [2.05, 4.69) is 10.5 Å². The number of carboxylic acid groups (broad SMARTS) is 1. The predicted octanol–water partition coefficient (Wildman–Crippen LogP) is 4.98. The molecule has 37 heavy (non-hydrogen) atoms. The Morgan fingerprint density at radius 2 is 1.81 bits per heavy atom. The van der Waals surface area contributed by atoms with Crippen LogP contribution in [-0.2, 0) is 11.4 Å². The topological polar surface area (TPSA) is 106 Å². The average Bonchev–Trinajstić information content (AvgIpc) is 3.46. The number of thioether (sulfide) groups is 2. The fourth-order valence-corrected chi connectivity index (χ4v) is 6.33. The summed E-state index contributed by atoms with van der Waals surface area (Å²) in [4.78, 5) is 23.2. The second-order valence-electron chi connectivity index (χ2n) is 7.93. The van der Waals surface area contributed by atoms with E-state index in [1.165, 1.54) is 36.5 Å². The number of amides is 1. The summed E-state index contributed by atoms with van der Waals surface area (Å²) >= 11 is 3.88. The quantitative estimate of drug-likeness (QED) is 0.260. The van der Waals surface area contributed by atoms with Gasteiger partial charge in [0.1, 0.15) is 12.4 Å². The summed E-state index contributed by atoms with van der Waals surface area (Å²) in [5.74, 6) is 2.57. The Balaban J connectivity index is 1.25. The van der Waals surface area contributed by atoms with Gasteiger partial charge in [-0.3, -0.25) is 4.79 Å². The van der Waals surface area contributed by atoms with Gasteiger partial charge in [0.25, 0.3) is 5.91 Å². The second kappa shape index (κ2) is 13.1. The van der Waals surface area contributed by atoms with Crippen LogP contribution in [-0.4, -0.2) is 48.4 Å². The van der Waals surface area contributed by atoms with Crippen molar-refractivity contribution in [2.24, 2.45) is 5.10 Å². The summed E-state index contributed by atoms with van der Waals surface area (Å²) in [5, 5.41) is 13.1. The highest BCUT2D eigenvalue weighted by Crippen LogP contribution is 2.45. The number of methoxy groups -OCH3 is 1. The molecule has 1 aliphatic heterocycles. The van der Waals surface area contributed by atoms with Gasteiger partial charge >= 0.3 is 5.97 Å². The maximum atomic E-state index is 12.1. The number of carboxylic acids is 1. The summed E-state index contributed by atoms with van der Waals surface area (Å²) < 4.78 is 17.2. The number of rotatable bonds is 11. The van der Waals surface area contributed by atoms with E-state index < -0.39 is 5.97 Å². The Labute approximate surface area is 223 Å². The highest BCUT2D eigenvalue weighted by atomic mass is 32.2. The smallest absolute Gasteiger partial charge is 0.335 e. The maximum Gasteiger partial charge on any atom is 0.335 e. The number of carbonyl (C=O) groups excluding carboxylic acids is 1. The van der Waals surface area contributed by atoms with Gasteiger partial charge in [0.2, 0.25) is 0 Å². The monoisotopic (exact) mass is 538 g/mol. The number of carbonyl (C=O) groups is 2. The van der Waals surface area contributed by atoms with Crippen LogP contribution >= 0.6 is 23.5 Å². The van der Waals surface area contributed by atoms with Crippen molar-refractivity contribution in [3.63, 3.8) is 0 Å². The zero-order chi connectivity index (χ0) is 26.0. The molecule has 0 radical (unpaired) electrons. The zero-order valence-corrected chi connectivity index (χ0v) is 21.7. The van der Waals surface area contributed by atoms with Crippen LogP contribution in [0.4, 0.5) is 0 Å². The van der Waals surface area contributed by atoms with E-state index >= 15 is 0 Å². The number of hydrogen-bond acceptors (Lipinski definition) is 8. The number of hydrazone groups is 1. The minimum absolute atomic E-state index is 0.150. The molecule has 0 spiro atoms. The Morgan fingerprint density at radius 3 is 2.54 bits per heavy atom. The number of nitrogens with zero attached hydrogens (tertiary/aromatic N) is 1. The highest BCUT2D eigenvalue weighted by molar-refractivity contribution is 8.19. The molecule has 0 unspecified atom stereocenters. The molecule has 3 aromatic carbocycles. The Kier molecular flexibility index (Phi) is 9.34. The lowest BCUT2D eigenvalue weighted by Crippen LogP contribution is -2.24. The van der Waals surface area contributed by atoms with Gasteiger partial charge in [0.15, 0.2) is 18.1 Å². The van der Waals surface area contributed by atoms with Crippen LogP contribution < -0.4 is 19.6 Å². The van der Waals surface area contributed by atoms with Gasteiger partial charge in [-0.25, -0.2) is 10.2 Å². The lowest BCUT2D eigenvalue weighted by molar-refractivity contribution is -0.123. The Bertz CT molecular complexity index is 1260. The summed E-state index contributed by atoms with van der Waals surface area (Å²) in [6.07, 6.45) is 1.49. The van der Waals surface area contributed by atoms with Gasteiger partial charge in [-0.1, -0.05) is 24.3 Å². The fraction of sp³-hybridized carbons (Fsp3) is 0.222. The van der Waals surface area contributed by atoms with Crippen molar-refractivity contribution in [2.75, 3.05) is 25.2 Å².